The van der Waals surface area contributed by atoms with Gasteiger partial charge < -0.3 is 15.0 Å². The van der Waals surface area contributed by atoms with Crippen LogP contribution in [-0.4, -0.2) is 42.7 Å². The van der Waals surface area contributed by atoms with Crippen LogP contribution in [0.5, 0.6) is 0 Å². The lowest BCUT2D eigenvalue weighted by Crippen LogP contribution is -2.29. The molecule has 126 valence electrons. The van der Waals surface area contributed by atoms with Crippen molar-refractivity contribution in [2.75, 3.05) is 31.7 Å². The van der Waals surface area contributed by atoms with E-state index in [0.29, 0.717) is 24.7 Å². The standard InChI is InChI=1S/C18H22N4O2/c1-13-20-15(18(23)19-9-11-24-2)12-17(21-13)22-10-5-7-14-6-3-4-8-16(14)22/h3-4,6,8,12H,5,7,9-11H2,1-2H3,(H,19,23). The number of hydrogen-bond donors (Lipinski definition) is 1. The van der Waals surface area contributed by atoms with Crippen molar-refractivity contribution in [3.05, 3.63) is 47.4 Å². The van der Waals surface area contributed by atoms with Crippen LogP contribution in [0.3, 0.4) is 0 Å². The van der Waals surface area contributed by atoms with Gasteiger partial charge in [0.2, 0.25) is 0 Å². The van der Waals surface area contributed by atoms with Gasteiger partial charge in [0.25, 0.3) is 5.91 Å². The topological polar surface area (TPSA) is 67.3 Å². The van der Waals surface area contributed by atoms with Gasteiger partial charge in [0, 0.05) is 32.0 Å². The fourth-order valence-electron chi connectivity index (χ4n) is 2.94. The first-order valence-electron chi connectivity index (χ1n) is 8.17. The highest BCUT2D eigenvalue weighted by molar-refractivity contribution is 5.93. The first-order valence-corrected chi connectivity index (χ1v) is 8.17. The molecule has 6 heteroatoms. The molecular weight excluding hydrogens is 304 g/mol. The maximum Gasteiger partial charge on any atom is 0.270 e. The predicted octanol–water partition coefficient (Wildman–Crippen LogP) is 2.25. The number of fused-ring (bicyclic) bond motifs is 1. The Balaban J connectivity index is 1.88. The first kappa shape index (κ1) is 16.4. The Morgan fingerprint density at radius 1 is 1.33 bits per heavy atom. The third-order valence-corrected chi connectivity index (χ3v) is 4.04. The molecule has 2 heterocycles. The number of carbonyl (C=O) groups is 1. The molecule has 0 aliphatic carbocycles. The lowest BCUT2D eigenvalue weighted by atomic mass is 10.0. The maximum atomic E-state index is 12.3. The van der Waals surface area contributed by atoms with Gasteiger partial charge in [-0.3, -0.25) is 4.79 Å². The van der Waals surface area contributed by atoms with Crippen LogP contribution < -0.4 is 10.2 Å². The Labute approximate surface area is 141 Å². The van der Waals surface area contributed by atoms with Crippen LogP contribution in [-0.2, 0) is 11.2 Å². The molecule has 2 aromatic rings. The summed E-state index contributed by atoms with van der Waals surface area (Å²) in [6.45, 7) is 3.63. The summed E-state index contributed by atoms with van der Waals surface area (Å²) in [4.78, 5) is 23.3. The van der Waals surface area contributed by atoms with E-state index in [1.807, 2.05) is 13.0 Å². The smallest absolute Gasteiger partial charge is 0.270 e. The summed E-state index contributed by atoms with van der Waals surface area (Å²) in [6.07, 6.45) is 2.14. The van der Waals surface area contributed by atoms with E-state index in [2.05, 4.69) is 38.4 Å². The molecule has 1 aromatic carbocycles. The molecule has 1 aliphatic rings. The number of nitrogens with zero attached hydrogens (tertiary/aromatic N) is 3. The molecule has 1 N–H and O–H groups in total. The number of benzene rings is 1. The van der Waals surface area contributed by atoms with Gasteiger partial charge in [0.1, 0.15) is 17.3 Å². The highest BCUT2D eigenvalue weighted by atomic mass is 16.5. The summed E-state index contributed by atoms with van der Waals surface area (Å²) in [6, 6.07) is 10.1. The van der Waals surface area contributed by atoms with Gasteiger partial charge in [-0.15, -0.1) is 0 Å². The van der Waals surface area contributed by atoms with Gasteiger partial charge in [-0.2, -0.15) is 0 Å². The molecule has 0 bridgehead atoms. The fraction of sp³-hybridized carbons (Fsp3) is 0.389. The number of aryl methyl sites for hydroxylation is 2. The minimum Gasteiger partial charge on any atom is -0.383 e. The number of amides is 1. The summed E-state index contributed by atoms with van der Waals surface area (Å²) < 4.78 is 4.95. The minimum absolute atomic E-state index is 0.205. The van der Waals surface area contributed by atoms with E-state index < -0.39 is 0 Å². The van der Waals surface area contributed by atoms with Crippen LogP contribution in [0.1, 0.15) is 28.3 Å². The molecular formula is C18H22N4O2. The maximum absolute atomic E-state index is 12.3. The third-order valence-electron chi connectivity index (χ3n) is 4.04. The number of anilines is 2. The highest BCUT2D eigenvalue weighted by Crippen LogP contribution is 2.32. The number of hydrogen-bond acceptors (Lipinski definition) is 5. The quantitative estimate of drug-likeness (QED) is 0.854. The van der Waals surface area contributed by atoms with Gasteiger partial charge in [0.05, 0.1) is 6.61 Å². The van der Waals surface area contributed by atoms with E-state index in [9.17, 15) is 4.79 Å². The lowest BCUT2D eigenvalue weighted by Gasteiger charge is -2.30. The molecule has 0 unspecified atom stereocenters. The van der Waals surface area contributed by atoms with Gasteiger partial charge in [0.15, 0.2) is 0 Å². The average molecular weight is 326 g/mol. The fourth-order valence-corrected chi connectivity index (χ4v) is 2.94. The number of methoxy groups -OCH3 is 1. The normalized spacial score (nSPS) is 13.5. The van der Waals surface area contributed by atoms with Crippen molar-refractivity contribution in [3.63, 3.8) is 0 Å². The Hall–Kier alpha value is -2.47. The second-order valence-corrected chi connectivity index (χ2v) is 5.79. The number of carbonyl (C=O) groups excluding carboxylic acids is 1. The summed E-state index contributed by atoms with van der Waals surface area (Å²) in [5, 5.41) is 2.80. The van der Waals surface area contributed by atoms with E-state index in [1.165, 1.54) is 5.56 Å². The molecule has 1 aliphatic heterocycles. The lowest BCUT2D eigenvalue weighted by molar-refractivity contribution is 0.0931. The molecule has 6 nitrogen and oxygen atoms in total. The summed E-state index contributed by atoms with van der Waals surface area (Å²) >= 11 is 0. The Kier molecular flexibility index (Phi) is 5.05. The van der Waals surface area contributed by atoms with Crippen molar-refractivity contribution in [3.8, 4) is 0 Å². The molecule has 1 amide bonds. The van der Waals surface area contributed by atoms with E-state index in [1.54, 1.807) is 13.2 Å². The average Bonchev–Trinajstić information content (AvgIpc) is 2.61. The number of ether oxygens (including phenoxy) is 1. The largest absolute Gasteiger partial charge is 0.383 e. The van der Waals surface area contributed by atoms with Crippen LogP contribution >= 0.6 is 0 Å². The second kappa shape index (κ2) is 7.40. The SMILES string of the molecule is COCCNC(=O)c1cc(N2CCCc3ccccc32)nc(C)n1. The van der Waals surface area contributed by atoms with Crippen LogP contribution in [0, 0.1) is 6.92 Å². The van der Waals surface area contributed by atoms with E-state index in [-0.39, 0.29) is 5.91 Å². The molecule has 0 radical (unpaired) electrons. The number of aromatic nitrogens is 2. The van der Waals surface area contributed by atoms with Crippen LogP contribution in [0.2, 0.25) is 0 Å². The van der Waals surface area contributed by atoms with E-state index >= 15 is 0 Å². The second-order valence-electron chi connectivity index (χ2n) is 5.79. The summed E-state index contributed by atoms with van der Waals surface area (Å²) in [7, 11) is 1.60. The van der Waals surface area contributed by atoms with Crippen LogP contribution in [0.25, 0.3) is 0 Å². The van der Waals surface area contributed by atoms with E-state index in [4.69, 9.17) is 4.74 Å². The number of rotatable bonds is 5. The van der Waals surface area contributed by atoms with Crippen molar-refractivity contribution in [2.24, 2.45) is 0 Å². The Morgan fingerprint density at radius 3 is 3.00 bits per heavy atom. The Morgan fingerprint density at radius 2 is 2.17 bits per heavy atom. The number of para-hydroxylation sites is 1. The first-order chi connectivity index (χ1) is 11.7. The molecule has 0 saturated carbocycles. The highest BCUT2D eigenvalue weighted by Gasteiger charge is 2.20. The van der Waals surface area contributed by atoms with E-state index in [0.717, 1.165) is 30.9 Å². The summed E-state index contributed by atoms with van der Waals surface area (Å²) in [5.74, 6) is 1.16. The zero-order valence-electron chi connectivity index (χ0n) is 14.1. The molecule has 0 saturated heterocycles. The van der Waals surface area contributed by atoms with Crippen molar-refractivity contribution in [1.29, 1.82) is 0 Å². The predicted molar refractivity (Wildman–Crippen MR) is 92.7 cm³/mol. The van der Waals surface area contributed by atoms with Gasteiger partial charge >= 0.3 is 0 Å². The monoisotopic (exact) mass is 326 g/mol. The third kappa shape index (κ3) is 3.54. The van der Waals surface area contributed by atoms with Crippen molar-refractivity contribution < 1.29 is 9.53 Å². The molecule has 3 rings (SSSR count). The van der Waals surface area contributed by atoms with Crippen LogP contribution in [0.15, 0.2) is 30.3 Å². The number of nitrogens with one attached hydrogen (secondary N) is 1. The zero-order valence-corrected chi connectivity index (χ0v) is 14.1. The molecule has 24 heavy (non-hydrogen) atoms. The van der Waals surface area contributed by atoms with Crippen molar-refractivity contribution in [2.45, 2.75) is 19.8 Å². The van der Waals surface area contributed by atoms with Gasteiger partial charge in [-0.25, -0.2) is 9.97 Å². The van der Waals surface area contributed by atoms with Gasteiger partial charge in [-0.05, 0) is 31.4 Å². The van der Waals surface area contributed by atoms with Crippen LogP contribution in [0.4, 0.5) is 11.5 Å². The van der Waals surface area contributed by atoms with Crippen molar-refractivity contribution >= 4 is 17.4 Å². The molecule has 0 spiro atoms. The Bertz CT molecular complexity index is 733. The molecule has 0 atom stereocenters. The molecule has 1 aromatic heterocycles. The minimum atomic E-state index is -0.205. The van der Waals surface area contributed by atoms with Crippen molar-refractivity contribution in [1.82, 2.24) is 15.3 Å². The zero-order chi connectivity index (χ0) is 16.9. The van der Waals surface area contributed by atoms with Gasteiger partial charge in [-0.1, -0.05) is 18.2 Å². The molecule has 0 fully saturated rings. The summed E-state index contributed by atoms with van der Waals surface area (Å²) in [5.41, 5.74) is 2.86.